The predicted octanol–water partition coefficient (Wildman–Crippen LogP) is 13.4. The SMILES string of the molecule is C=CC(=C)CCCCCCc1c(C(C)(C)C)cc(SC(C)(C)Sc2cc(C(C)(C)C)c(O)c(C(C)(C)C)c2)cc1C(C)(C)C. The third-order valence-electron chi connectivity index (χ3n) is 8.23. The van der Waals surface area contributed by atoms with Crippen LogP contribution in [0, 0.1) is 0 Å². The Kier molecular flexibility index (Phi) is 12.7. The molecule has 0 atom stereocenters. The molecule has 0 aliphatic carbocycles. The predicted molar refractivity (Wildman–Crippen MR) is 201 cm³/mol. The molecule has 0 radical (unpaired) electrons. The van der Waals surface area contributed by atoms with E-state index in [9.17, 15) is 5.11 Å². The fourth-order valence-corrected chi connectivity index (χ4v) is 8.41. The number of benzene rings is 2. The summed E-state index contributed by atoms with van der Waals surface area (Å²) in [6.45, 7) is 39.9. The van der Waals surface area contributed by atoms with Crippen LogP contribution in [0.1, 0.15) is 157 Å². The molecule has 0 aromatic heterocycles. The van der Waals surface area contributed by atoms with Crippen molar-refractivity contribution in [2.24, 2.45) is 0 Å². The molecule has 0 aliphatic heterocycles. The maximum absolute atomic E-state index is 11.3. The van der Waals surface area contributed by atoms with Crippen LogP contribution in [-0.4, -0.2) is 9.19 Å². The van der Waals surface area contributed by atoms with Gasteiger partial charge in [0.1, 0.15) is 5.75 Å². The smallest absolute Gasteiger partial charge is 0.123 e. The van der Waals surface area contributed by atoms with E-state index in [1.807, 2.05) is 29.6 Å². The molecule has 246 valence electrons. The average Bonchev–Trinajstić information content (AvgIpc) is 2.84. The van der Waals surface area contributed by atoms with Crippen LogP contribution >= 0.6 is 23.5 Å². The Hall–Kier alpha value is -1.58. The van der Waals surface area contributed by atoms with Crippen LogP contribution in [-0.2, 0) is 28.1 Å². The zero-order chi connectivity index (χ0) is 33.9. The lowest BCUT2D eigenvalue weighted by molar-refractivity contribution is 0.422. The molecule has 2 aromatic carbocycles. The van der Waals surface area contributed by atoms with Crippen molar-refractivity contribution >= 4 is 23.5 Å². The molecular weight excluding hydrogens is 573 g/mol. The summed E-state index contributed by atoms with van der Waals surface area (Å²) in [4.78, 5) is 2.56. The standard InChI is InChI=1S/C41H64OS2/c1-17-28(2)22-20-18-19-21-23-31-32(37(3,4)5)24-29(25-33(31)38(6,7)8)43-41(15,16)44-30-26-34(39(9,10)11)36(42)35(27-30)40(12,13)14/h17,24-27,42H,1-2,18-23H2,3-16H3. The molecule has 0 spiro atoms. The van der Waals surface area contributed by atoms with Crippen LogP contribution in [0.15, 0.2) is 58.9 Å². The summed E-state index contributed by atoms with van der Waals surface area (Å²) in [5.74, 6) is 0.447. The second-order valence-electron chi connectivity index (χ2n) is 17.2. The van der Waals surface area contributed by atoms with Gasteiger partial charge in [-0.3, -0.25) is 0 Å². The van der Waals surface area contributed by atoms with Gasteiger partial charge in [0, 0.05) is 20.9 Å². The van der Waals surface area contributed by atoms with E-state index in [4.69, 9.17) is 0 Å². The van der Waals surface area contributed by atoms with Gasteiger partial charge >= 0.3 is 0 Å². The number of thioether (sulfide) groups is 2. The lowest BCUT2D eigenvalue weighted by Gasteiger charge is -2.33. The van der Waals surface area contributed by atoms with Crippen molar-refractivity contribution in [3.05, 3.63) is 76.9 Å². The highest BCUT2D eigenvalue weighted by Crippen LogP contribution is 2.50. The number of phenols is 1. The van der Waals surface area contributed by atoms with Crippen LogP contribution in [0.25, 0.3) is 0 Å². The molecule has 2 aromatic rings. The average molecular weight is 637 g/mol. The highest BCUT2D eigenvalue weighted by atomic mass is 32.2. The van der Waals surface area contributed by atoms with E-state index in [1.165, 1.54) is 46.6 Å². The Labute approximate surface area is 281 Å². The summed E-state index contributed by atoms with van der Waals surface area (Å²) < 4.78 is -0.109. The Morgan fingerprint density at radius 2 is 0.977 bits per heavy atom. The van der Waals surface area contributed by atoms with Crippen LogP contribution in [0.3, 0.4) is 0 Å². The van der Waals surface area contributed by atoms with E-state index in [2.05, 4.69) is 134 Å². The third kappa shape index (κ3) is 11.0. The van der Waals surface area contributed by atoms with E-state index in [1.54, 1.807) is 5.56 Å². The summed E-state index contributed by atoms with van der Waals surface area (Å²) in [5.41, 5.74) is 7.56. The molecule has 0 unspecified atom stereocenters. The van der Waals surface area contributed by atoms with Crippen LogP contribution in [0.5, 0.6) is 5.75 Å². The first-order valence-electron chi connectivity index (χ1n) is 16.6. The Balaban J connectivity index is 2.47. The Bertz CT molecular complexity index is 1230. The van der Waals surface area contributed by atoms with Gasteiger partial charge in [-0.2, -0.15) is 0 Å². The van der Waals surface area contributed by atoms with E-state index in [-0.39, 0.29) is 25.7 Å². The highest BCUT2D eigenvalue weighted by molar-refractivity contribution is 8.18. The molecule has 44 heavy (non-hydrogen) atoms. The summed E-state index contributed by atoms with van der Waals surface area (Å²) >= 11 is 3.87. The summed E-state index contributed by atoms with van der Waals surface area (Å²) in [6, 6.07) is 9.41. The second kappa shape index (κ2) is 14.5. The first-order chi connectivity index (χ1) is 19.9. The maximum atomic E-state index is 11.3. The van der Waals surface area contributed by atoms with Crippen molar-refractivity contribution in [3.8, 4) is 5.75 Å². The minimum atomic E-state index is -0.142. The van der Waals surface area contributed by atoms with E-state index < -0.39 is 0 Å². The molecule has 0 aliphatic rings. The summed E-state index contributed by atoms with van der Waals surface area (Å²) in [6.07, 6.45) is 8.98. The van der Waals surface area contributed by atoms with Crippen molar-refractivity contribution in [1.29, 1.82) is 0 Å². The van der Waals surface area contributed by atoms with Crippen molar-refractivity contribution in [3.63, 3.8) is 0 Å². The van der Waals surface area contributed by atoms with Gasteiger partial charge in [0.2, 0.25) is 0 Å². The molecule has 0 heterocycles. The number of rotatable bonds is 12. The topological polar surface area (TPSA) is 20.2 Å². The van der Waals surface area contributed by atoms with Gasteiger partial charge in [-0.1, -0.05) is 121 Å². The zero-order valence-electron chi connectivity index (χ0n) is 30.8. The minimum Gasteiger partial charge on any atom is -0.507 e. The Morgan fingerprint density at radius 3 is 1.34 bits per heavy atom. The van der Waals surface area contributed by atoms with Gasteiger partial charge in [-0.05, 0) is 102 Å². The zero-order valence-corrected chi connectivity index (χ0v) is 32.4. The molecule has 0 amide bonds. The maximum Gasteiger partial charge on any atom is 0.123 e. The molecule has 0 saturated heterocycles. The molecule has 2 rings (SSSR count). The van der Waals surface area contributed by atoms with Gasteiger partial charge < -0.3 is 5.11 Å². The van der Waals surface area contributed by atoms with Gasteiger partial charge in [0.15, 0.2) is 0 Å². The van der Waals surface area contributed by atoms with Crippen molar-refractivity contribution in [2.75, 3.05) is 0 Å². The lowest BCUT2D eigenvalue weighted by Crippen LogP contribution is -2.22. The van der Waals surface area contributed by atoms with E-state index >= 15 is 0 Å². The number of hydrogen-bond acceptors (Lipinski definition) is 3. The normalized spacial score (nSPS) is 13.3. The lowest BCUT2D eigenvalue weighted by atomic mass is 9.75. The largest absolute Gasteiger partial charge is 0.507 e. The van der Waals surface area contributed by atoms with E-state index in [0.717, 1.165) is 29.5 Å². The monoisotopic (exact) mass is 636 g/mol. The molecule has 0 fully saturated rings. The summed E-state index contributed by atoms with van der Waals surface area (Å²) in [7, 11) is 0. The number of allylic oxidation sites excluding steroid dienone is 2. The van der Waals surface area contributed by atoms with Gasteiger partial charge in [0.25, 0.3) is 0 Å². The van der Waals surface area contributed by atoms with Crippen molar-refractivity contribution in [1.82, 2.24) is 0 Å². The molecule has 1 nitrogen and oxygen atoms in total. The van der Waals surface area contributed by atoms with Gasteiger partial charge in [-0.15, -0.1) is 23.5 Å². The van der Waals surface area contributed by atoms with Crippen LogP contribution in [0.4, 0.5) is 0 Å². The first-order valence-corrected chi connectivity index (χ1v) is 18.2. The molecule has 3 heteroatoms. The second-order valence-corrected chi connectivity index (χ2v) is 20.9. The summed E-state index contributed by atoms with van der Waals surface area (Å²) in [5, 5.41) is 11.3. The van der Waals surface area contributed by atoms with Crippen molar-refractivity contribution < 1.29 is 5.11 Å². The number of phenolic OH excluding ortho intramolecular Hbond substituents is 1. The number of unbranched alkanes of at least 4 members (excludes halogenated alkanes) is 3. The molecule has 1 N–H and O–H groups in total. The van der Waals surface area contributed by atoms with Crippen LogP contribution < -0.4 is 0 Å². The fraction of sp³-hybridized carbons (Fsp3) is 0.610. The third-order valence-corrected chi connectivity index (χ3v) is 10.7. The van der Waals surface area contributed by atoms with Gasteiger partial charge in [0.05, 0.1) is 4.08 Å². The molecular formula is C41H64OS2. The van der Waals surface area contributed by atoms with E-state index in [0.29, 0.717) is 5.75 Å². The molecule has 0 bridgehead atoms. The number of hydrogen-bond donors (Lipinski definition) is 1. The minimum absolute atomic E-state index is 0.0606. The fourth-order valence-electron chi connectivity index (χ4n) is 5.82. The first kappa shape index (κ1) is 38.6. The van der Waals surface area contributed by atoms with Crippen molar-refractivity contribution in [2.45, 2.75) is 171 Å². The van der Waals surface area contributed by atoms with Gasteiger partial charge in [-0.25, -0.2) is 0 Å². The number of aromatic hydroxyl groups is 1. The Morgan fingerprint density at radius 1 is 0.614 bits per heavy atom. The molecule has 0 saturated carbocycles. The highest BCUT2D eigenvalue weighted by Gasteiger charge is 2.31. The quantitative estimate of drug-likeness (QED) is 0.108. The van der Waals surface area contributed by atoms with Crippen LogP contribution in [0.2, 0.25) is 0 Å².